The molecule has 0 spiro atoms. The second-order valence-electron chi connectivity index (χ2n) is 4.01. The minimum Gasteiger partial charge on any atom is -0.380 e. The standard InChI is InChI=1S/C12H26N2O2/c1-4-6-8-16-9-7-13-12(15)10-14-11(3)5-2/h11,14H,4-10H2,1-3H3,(H,13,15). The molecule has 0 heterocycles. The fourth-order valence-corrected chi connectivity index (χ4v) is 1.08. The first kappa shape index (κ1) is 15.4. The maximum atomic E-state index is 11.3. The van der Waals surface area contributed by atoms with E-state index in [0.717, 1.165) is 25.9 Å². The Kier molecular flexibility index (Phi) is 10.5. The second-order valence-corrected chi connectivity index (χ2v) is 4.01. The van der Waals surface area contributed by atoms with Crippen molar-refractivity contribution in [2.45, 2.75) is 46.1 Å². The molecule has 0 radical (unpaired) electrons. The first-order valence-electron chi connectivity index (χ1n) is 6.28. The molecule has 0 bridgehead atoms. The molecular weight excluding hydrogens is 204 g/mol. The number of carbonyl (C=O) groups excluding carboxylic acids is 1. The van der Waals surface area contributed by atoms with E-state index in [0.29, 0.717) is 25.7 Å². The minimum absolute atomic E-state index is 0.0411. The summed E-state index contributed by atoms with van der Waals surface area (Å²) in [4.78, 5) is 11.3. The molecule has 0 aliphatic rings. The highest BCUT2D eigenvalue weighted by Crippen LogP contribution is 1.87. The summed E-state index contributed by atoms with van der Waals surface area (Å²) in [5.74, 6) is 0.0411. The van der Waals surface area contributed by atoms with E-state index in [4.69, 9.17) is 4.74 Å². The van der Waals surface area contributed by atoms with Gasteiger partial charge in [-0.05, 0) is 19.8 Å². The molecule has 0 saturated heterocycles. The summed E-state index contributed by atoms with van der Waals surface area (Å²) in [5, 5.41) is 5.95. The number of carbonyl (C=O) groups is 1. The van der Waals surface area contributed by atoms with Gasteiger partial charge in [0, 0.05) is 19.2 Å². The highest BCUT2D eigenvalue weighted by Gasteiger charge is 2.02. The molecular formula is C12H26N2O2. The van der Waals surface area contributed by atoms with Crippen molar-refractivity contribution in [2.24, 2.45) is 0 Å². The topological polar surface area (TPSA) is 50.4 Å². The van der Waals surface area contributed by atoms with E-state index < -0.39 is 0 Å². The maximum Gasteiger partial charge on any atom is 0.234 e. The van der Waals surface area contributed by atoms with Crippen molar-refractivity contribution in [3.8, 4) is 0 Å². The molecule has 96 valence electrons. The van der Waals surface area contributed by atoms with Crippen molar-refractivity contribution >= 4 is 5.91 Å². The van der Waals surface area contributed by atoms with Gasteiger partial charge in [0.15, 0.2) is 0 Å². The highest BCUT2D eigenvalue weighted by molar-refractivity contribution is 5.77. The van der Waals surface area contributed by atoms with Crippen molar-refractivity contribution in [3.63, 3.8) is 0 Å². The largest absolute Gasteiger partial charge is 0.380 e. The number of nitrogens with one attached hydrogen (secondary N) is 2. The van der Waals surface area contributed by atoms with Crippen LogP contribution in [-0.4, -0.2) is 38.3 Å². The molecule has 0 fully saturated rings. The van der Waals surface area contributed by atoms with E-state index >= 15 is 0 Å². The van der Waals surface area contributed by atoms with Crippen molar-refractivity contribution in [1.29, 1.82) is 0 Å². The van der Waals surface area contributed by atoms with E-state index in [1.165, 1.54) is 0 Å². The average Bonchev–Trinajstić information content (AvgIpc) is 2.30. The van der Waals surface area contributed by atoms with Crippen molar-refractivity contribution in [2.75, 3.05) is 26.3 Å². The highest BCUT2D eigenvalue weighted by atomic mass is 16.5. The quantitative estimate of drug-likeness (QED) is 0.556. The molecule has 4 nitrogen and oxygen atoms in total. The SMILES string of the molecule is CCCCOCCNC(=O)CNC(C)CC. The molecule has 0 aromatic carbocycles. The van der Waals surface area contributed by atoms with E-state index in [-0.39, 0.29) is 5.91 Å². The molecule has 1 atom stereocenters. The van der Waals surface area contributed by atoms with Crippen LogP contribution >= 0.6 is 0 Å². The second kappa shape index (κ2) is 10.9. The van der Waals surface area contributed by atoms with Crippen LogP contribution in [0, 0.1) is 0 Å². The van der Waals surface area contributed by atoms with Gasteiger partial charge < -0.3 is 15.4 Å². The van der Waals surface area contributed by atoms with Crippen molar-refractivity contribution in [3.05, 3.63) is 0 Å². The van der Waals surface area contributed by atoms with Gasteiger partial charge in [0.1, 0.15) is 0 Å². The van der Waals surface area contributed by atoms with Gasteiger partial charge in [-0.25, -0.2) is 0 Å². The van der Waals surface area contributed by atoms with Crippen LogP contribution in [0.5, 0.6) is 0 Å². The van der Waals surface area contributed by atoms with Gasteiger partial charge in [0.05, 0.1) is 13.2 Å². The van der Waals surface area contributed by atoms with Crippen LogP contribution in [0.2, 0.25) is 0 Å². The van der Waals surface area contributed by atoms with Gasteiger partial charge in [-0.1, -0.05) is 20.3 Å². The van der Waals surface area contributed by atoms with E-state index in [1.807, 2.05) is 0 Å². The first-order valence-corrected chi connectivity index (χ1v) is 6.28. The normalized spacial score (nSPS) is 12.4. The zero-order valence-corrected chi connectivity index (χ0v) is 10.8. The van der Waals surface area contributed by atoms with Gasteiger partial charge in [-0.15, -0.1) is 0 Å². The Labute approximate surface area is 99.1 Å². The zero-order chi connectivity index (χ0) is 12.2. The first-order chi connectivity index (χ1) is 7.70. The molecule has 0 aliphatic carbocycles. The maximum absolute atomic E-state index is 11.3. The molecule has 4 heteroatoms. The molecule has 1 unspecified atom stereocenters. The van der Waals surface area contributed by atoms with Crippen LogP contribution in [-0.2, 0) is 9.53 Å². The molecule has 0 aliphatic heterocycles. The predicted octanol–water partition coefficient (Wildman–Crippen LogP) is 1.31. The molecule has 2 N–H and O–H groups in total. The summed E-state index contributed by atoms with van der Waals surface area (Å²) in [6.07, 6.45) is 3.27. The Morgan fingerprint density at radius 3 is 2.69 bits per heavy atom. The number of rotatable bonds is 10. The Morgan fingerprint density at radius 2 is 2.06 bits per heavy atom. The van der Waals surface area contributed by atoms with Gasteiger partial charge >= 0.3 is 0 Å². The van der Waals surface area contributed by atoms with Gasteiger partial charge in [0.2, 0.25) is 5.91 Å². The van der Waals surface area contributed by atoms with Gasteiger partial charge in [0.25, 0.3) is 0 Å². The van der Waals surface area contributed by atoms with Crippen LogP contribution < -0.4 is 10.6 Å². The molecule has 0 rings (SSSR count). The average molecular weight is 230 g/mol. The summed E-state index contributed by atoms with van der Waals surface area (Å²) in [6, 6.07) is 0.395. The van der Waals surface area contributed by atoms with Crippen molar-refractivity contribution < 1.29 is 9.53 Å². The van der Waals surface area contributed by atoms with Crippen LogP contribution in [0.1, 0.15) is 40.0 Å². The number of ether oxygens (including phenoxy) is 1. The third-order valence-electron chi connectivity index (χ3n) is 2.43. The fraction of sp³-hybridized carbons (Fsp3) is 0.917. The summed E-state index contributed by atoms with van der Waals surface area (Å²) < 4.78 is 5.34. The van der Waals surface area contributed by atoms with Gasteiger partial charge in [-0.2, -0.15) is 0 Å². The van der Waals surface area contributed by atoms with Crippen LogP contribution in [0.15, 0.2) is 0 Å². The number of amides is 1. The lowest BCUT2D eigenvalue weighted by Crippen LogP contribution is -2.38. The van der Waals surface area contributed by atoms with E-state index in [1.54, 1.807) is 0 Å². The smallest absolute Gasteiger partial charge is 0.234 e. The number of unbranched alkanes of at least 4 members (excludes halogenated alkanes) is 1. The number of hydrogen-bond acceptors (Lipinski definition) is 3. The lowest BCUT2D eigenvalue weighted by molar-refractivity contribution is -0.120. The monoisotopic (exact) mass is 230 g/mol. The fourth-order valence-electron chi connectivity index (χ4n) is 1.08. The Morgan fingerprint density at radius 1 is 1.31 bits per heavy atom. The van der Waals surface area contributed by atoms with Crippen LogP contribution in [0.25, 0.3) is 0 Å². The third-order valence-corrected chi connectivity index (χ3v) is 2.43. The lowest BCUT2D eigenvalue weighted by Gasteiger charge is -2.11. The van der Waals surface area contributed by atoms with Gasteiger partial charge in [-0.3, -0.25) is 4.79 Å². The summed E-state index contributed by atoms with van der Waals surface area (Å²) in [7, 11) is 0. The summed E-state index contributed by atoms with van der Waals surface area (Å²) in [6.45, 7) is 8.69. The Bertz CT molecular complexity index is 174. The van der Waals surface area contributed by atoms with Crippen LogP contribution in [0.4, 0.5) is 0 Å². The summed E-state index contributed by atoms with van der Waals surface area (Å²) >= 11 is 0. The molecule has 0 aromatic rings. The van der Waals surface area contributed by atoms with Crippen LogP contribution in [0.3, 0.4) is 0 Å². The Balaban J connectivity index is 3.24. The molecule has 0 saturated carbocycles. The third kappa shape index (κ3) is 9.93. The lowest BCUT2D eigenvalue weighted by atomic mass is 10.2. The predicted molar refractivity (Wildman–Crippen MR) is 66.5 cm³/mol. The van der Waals surface area contributed by atoms with E-state index in [9.17, 15) is 4.79 Å². The minimum atomic E-state index is 0.0411. The molecule has 16 heavy (non-hydrogen) atoms. The van der Waals surface area contributed by atoms with E-state index in [2.05, 4.69) is 31.4 Å². The number of hydrogen-bond donors (Lipinski definition) is 2. The summed E-state index contributed by atoms with van der Waals surface area (Å²) in [5.41, 5.74) is 0. The van der Waals surface area contributed by atoms with Crippen molar-refractivity contribution in [1.82, 2.24) is 10.6 Å². The molecule has 1 amide bonds. The molecule has 0 aromatic heterocycles. The zero-order valence-electron chi connectivity index (χ0n) is 10.8. The Hall–Kier alpha value is -0.610.